The largest absolute Gasteiger partial charge is 0.388 e. The number of allylic oxidation sites excluding steroid dienone is 1. The van der Waals surface area contributed by atoms with Gasteiger partial charge in [0.15, 0.2) is 5.84 Å². The molecule has 33 heavy (non-hydrogen) atoms. The summed E-state index contributed by atoms with van der Waals surface area (Å²) in [5.74, 6) is 1.10. The first kappa shape index (κ1) is 26.1. The number of nitrogens with zero attached hydrogens (tertiary/aromatic N) is 2. The van der Waals surface area contributed by atoms with Crippen molar-refractivity contribution in [3.63, 3.8) is 0 Å². The molecule has 4 heteroatoms. The lowest BCUT2D eigenvalue weighted by Gasteiger charge is -2.17. The summed E-state index contributed by atoms with van der Waals surface area (Å²) in [5, 5.41) is 6.63. The van der Waals surface area contributed by atoms with E-state index in [0.717, 1.165) is 34.9 Å². The molecule has 0 amide bonds. The number of hydrogen-bond donors (Lipinski definition) is 2. The molecule has 2 N–H and O–H groups in total. The summed E-state index contributed by atoms with van der Waals surface area (Å²) >= 11 is 0. The first-order valence-electron chi connectivity index (χ1n) is 11.8. The summed E-state index contributed by atoms with van der Waals surface area (Å²) in [4.78, 5) is 9.53. The van der Waals surface area contributed by atoms with Crippen molar-refractivity contribution < 1.29 is 0 Å². The van der Waals surface area contributed by atoms with E-state index >= 15 is 0 Å². The Morgan fingerprint density at radius 2 is 1.85 bits per heavy atom. The van der Waals surface area contributed by atoms with Crippen LogP contribution in [-0.2, 0) is 6.42 Å². The molecule has 0 radical (unpaired) electrons. The summed E-state index contributed by atoms with van der Waals surface area (Å²) < 4.78 is 0. The number of benzene rings is 2. The second kappa shape index (κ2) is 12.2. The van der Waals surface area contributed by atoms with Crippen LogP contribution in [0.1, 0.15) is 67.0 Å². The van der Waals surface area contributed by atoms with Gasteiger partial charge < -0.3 is 10.6 Å². The van der Waals surface area contributed by atoms with Gasteiger partial charge in [0.05, 0.1) is 5.71 Å². The molecule has 0 bridgehead atoms. The minimum absolute atomic E-state index is 0.334. The van der Waals surface area contributed by atoms with E-state index in [4.69, 9.17) is 4.99 Å². The fourth-order valence-electron chi connectivity index (χ4n) is 3.85. The first-order valence-corrected chi connectivity index (χ1v) is 11.8. The van der Waals surface area contributed by atoms with Crippen LogP contribution < -0.4 is 10.6 Å². The zero-order valence-corrected chi connectivity index (χ0v) is 21.6. The average molecular weight is 445 g/mol. The van der Waals surface area contributed by atoms with Crippen LogP contribution in [0.3, 0.4) is 0 Å². The van der Waals surface area contributed by atoms with Gasteiger partial charge in [-0.2, -0.15) is 0 Å². The van der Waals surface area contributed by atoms with Gasteiger partial charge in [-0.1, -0.05) is 44.7 Å². The van der Waals surface area contributed by atoms with Crippen molar-refractivity contribution in [2.45, 2.75) is 60.8 Å². The lowest BCUT2D eigenvalue weighted by Crippen LogP contribution is -2.22. The molecule has 1 unspecified atom stereocenters. The minimum atomic E-state index is 0.334. The van der Waals surface area contributed by atoms with Gasteiger partial charge in [0.2, 0.25) is 0 Å². The van der Waals surface area contributed by atoms with Crippen LogP contribution in [0.2, 0.25) is 0 Å². The summed E-state index contributed by atoms with van der Waals surface area (Å²) in [6.45, 7) is 19.8. The van der Waals surface area contributed by atoms with E-state index in [9.17, 15) is 0 Å². The van der Waals surface area contributed by atoms with E-state index in [1.54, 1.807) is 6.20 Å². The van der Waals surface area contributed by atoms with Gasteiger partial charge in [-0.25, -0.2) is 4.99 Å². The summed E-state index contributed by atoms with van der Waals surface area (Å²) in [5.41, 5.74) is 10.6. The van der Waals surface area contributed by atoms with Crippen molar-refractivity contribution in [2.75, 3.05) is 18.9 Å². The highest BCUT2D eigenvalue weighted by molar-refractivity contribution is 6.44. The van der Waals surface area contributed by atoms with Crippen molar-refractivity contribution in [2.24, 2.45) is 9.98 Å². The van der Waals surface area contributed by atoms with Crippen LogP contribution in [-0.4, -0.2) is 25.1 Å². The summed E-state index contributed by atoms with van der Waals surface area (Å²) in [7, 11) is 1.90. The van der Waals surface area contributed by atoms with Gasteiger partial charge in [-0.3, -0.25) is 4.99 Å². The molecule has 2 aromatic rings. The predicted octanol–water partition coefficient (Wildman–Crippen LogP) is 6.97. The molecule has 4 nitrogen and oxygen atoms in total. The monoisotopic (exact) mass is 444 g/mol. The fraction of sp³-hybridized carbons (Fsp3) is 0.379. The Morgan fingerprint density at radius 1 is 1.12 bits per heavy atom. The van der Waals surface area contributed by atoms with Crippen LogP contribution in [0.5, 0.6) is 0 Å². The Labute approximate surface area is 200 Å². The van der Waals surface area contributed by atoms with Crippen LogP contribution in [0, 0.1) is 20.8 Å². The number of anilines is 1. The van der Waals surface area contributed by atoms with E-state index in [1.807, 2.05) is 27.0 Å². The predicted molar refractivity (Wildman–Crippen MR) is 147 cm³/mol. The molecule has 0 heterocycles. The van der Waals surface area contributed by atoms with Gasteiger partial charge in [-0.15, -0.1) is 0 Å². The second-order valence-corrected chi connectivity index (χ2v) is 8.59. The van der Waals surface area contributed by atoms with E-state index in [1.165, 1.54) is 27.8 Å². The highest BCUT2D eigenvalue weighted by atomic mass is 15.0. The Morgan fingerprint density at radius 3 is 2.48 bits per heavy atom. The molecule has 0 spiro atoms. The van der Waals surface area contributed by atoms with Gasteiger partial charge in [0.25, 0.3) is 0 Å². The molecule has 0 saturated heterocycles. The third-order valence-electron chi connectivity index (χ3n) is 6.30. The van der Waals surface area contributed by atoms with Crippen LogP contribution in [0.15, 0.2) is 59.2 Å². The number of rotatable bonds is 9. The van der Waals surface area contributed by atoms with Gasteiger partial charge >= 0.3 is 0 Å². The van der Waals surface area contributed by atoms with Crippen LogP contribution in [0.4, 0.5) is 5.69 Å². The first-order chi connectivity index (χ1) is 15.7. The third-order valence-corrected chi connectivity index (χ3v) is 6.30. The molecular weight excluding hydrogens is 404 g/mol. The molecule has 0 aliphatic heterocycles. The second-order valence-electron chi connectivity index (χ2n) is 8.59. The van der Waals surface area contributed by atoms with Crippen molar-refractivity contribution >= 4 is 22.9 Å². The summed E-state index contributed by atoms with van der Waals surface area (Å²) in [6, 6.07) is 10.8. The zero-order valence-electron chi connectivity index (χ0n) is 21.6. The van der Waals surface area contributed by atoms with Gasteiger partial charge in [0, 0.05) is 42.7 Å². The van der Waals surface area contributed by atoms with Crippen LogP contribution >= 0.6 is 0 Å². The number of amidine groups is 1. The van der Waals surface area contributed by atoms with E-state index < -0.39 is 0 Å². The SMILES string of the molecule is C=C(NC)c1ccc(NC(=N/C=C\C)C(C)=NCC(C)c2ccc(C)c(C)c2C)cc1CC. The summed E-state index contributed by atoms with van der Waals surface area (Å²) in [6.07, 6.45) is 4.65. The Kier molecular flexibility index (Phi) is 9.65. The fourth-order valence-corrected chi connectivity index (χ4v) is 3.85. The number of nitrogens with one attached hydrogen (secondary N) is 2. The molecular formula is C29H40N4. The molecule has 0 fully saturated rings. The molecule has 1 atom stereocenters. The number of aliphatic imine (C=N–C) groups is 2. The maximum absolute atomic E-state index is 4.91. The lowest BCUT2D eigenvalue weighted by atomic mass is 9.91. The molecule has 176 valence electrons. The molecule has 0 saturated carbocycles. The average Bonchev–Trinajstić information content (AvgIpc) is 2.82. The molecule has 2 aromatic carbocycles. The Bertz CT molecular complexity index is 1070. The van der Waals surface area contributed by atoms with E-state index in [2.05, 4.69) is 87.2 Å². The molecule has 0 aromatic heterocycles. The lowest BCUT2D eigenvalue weighted by molar-refractivity contribution is 0.767. The molecule has 0 aliphatic carbocycles. The van der Waals surface area contributed by atoms with E-state index in [-0.39, 0.29) is 0 Å². The minimum Gasteiger partial charge on any atom is -0.388 e. The Hall–Kier alpha value is -3.14. The quantitative estimate of drug-likeness (QED) is 0.324. The van der Waals surface area contributed by atoms with Crippen LogP contribution in [0.25, 0.3) is 5.70 Å². The smallest absolute Gasteiger partial charge is 0.151 e. The van der Waals surface area contributed by atoms with E-state index in [0.29, 0.717) is 12.5 Å². The highest BCUT2D eigenvalue weighted by Gasteiger charge is 2.13. The van der Waals surface area contributed by atoms with Crippen molar-refractivity contribution in [3.05, 3.63) is 82.6 Å². The zero-order chi connectivity index (χ0) is 24.5. The number of hydrogen-bond acceptors (Lipinski definition) is 3. The number of aryl methyl sites for hydroxylation is 2. The highest BCUT2D eigenvalue weighted by Crippen LogP contribution is 2.25. The van der Waals surface area contributed by atoms with Gasteiger partial charge in [-0.05, 0) is 81.0 Å². The molecule has 0 aliphatic rings. The molecule has 2 rings (SSSR count). The maximum Gasteiger partial charge on any atom is 0.151 e. The third kappa shape index (κ3) is 6.67. The normalized spacial score (nSPS) is 13.3. The van der Waals surface area contributed by atoms with Gasteiger partial charge in [0.1, 0.15) is 0 Å². The van der Waals surface area contributed by atoms with Crippen molar-refractivity contribution in [1.29, 1.82) is 0 Å². The van der Waals surface area contributed by atoms with Crippen molar-refractivity contribution in [1.82, 2.24) is 5.32 Å². The van der Waals surface area contributed by atoms with Crippen molar-refractivity contribution in [3.8, 4) is 0 Å². The standard InChI is InChI=1S/C29H40N4/c1-10-16-31-29(33-26-13-15-28(23(7)30-9)25(11-2)17-26)24(8)32-18-20(4)27-14-12-19(3)21(5)22(27)6/h10,12-17,20,30H,7,11,18H2,1-6,8-9H3,(H,31,33)/b16-10-,32-24?. The topological polar surface area (TPSA) is 48.8 Å². The maximum atomic E-state index is 4.91. The Balaban J connectivity index is 2.27.